The molecule has 0 aliphatic rings. The van der Waals surface area contributed by atoms with Gasteiger partial charge in [-0.2, -0.15) is 5.10 Å². The van der Waals surface area contributed by atoms with Gasteiger partial charge in [0.1, 0.15) is 5.82 Å². The van der Waals surface area contributed by atoms with Crippen molar-refractivity contribution in [3.05, 3.63) is 71.8 Å². The van der Waals surface area contributed by atoms with Gasteiger partial charge in [0, 0.05) is 30.9 Å². The van der Waals surface area contributed by atoms with Crippen LogP contribution in [0.3, 0.4) is 0 Å². The minimum atomic E-state index is -0.462. The van der Waals surface area contributed by atoms with E-state index >= 15 is 0 Å². The number of aromatic nitrogens is 2. The number of amides is 1. The molecule has 1 N–H and O–H groups in total. The maximum Gasteiger partial charge on any atom is 0.226 e. The molecule has 0 fully saturated rings. The molecule has 0 unspecified atom stereocenters. The van der Waals surface area contributed by atoms with Gasteiger partial charge in [-0.15, -0.1) is 0 Å². The van der Waals surface area contributed by atoms with Gasteiger partial charge in [0.15, 0.2) is 5.78 Å². The van der Waals surface area contributed by atoms with E-state index < -0.39 is 5.82 Å². The van der Waals surface area contributed by atoms with Gasteiger partial charge in [-0.1, -0.05) is 37.3 Å². The third-order valence-corrected chi connectivity index (χ3v) is 4.44. The summed E-state index contributed by atoms with van der Waals surface area (Å²) < 4.78 is 14.4. The van der Waals surface area contributed by atoms with Crippen molar-refractivity contribution in [3.8, 4) is 11.1 Å². The van der Waals surface area contributed by atoms with Crippen LogP contribution in [0.5, 0.6) is 0 Å². The second-order valence-electron chi connectivity index (χ2n) is 6.23. The van der Waals surface area contributed by atoms with Gasteiger partial charge in [-0.25, -0.2) is 4.39 Å². The lowest BCUT2D eigenvalue weighted by Gasteiger charge is -2.17. The van der Waals surface area contributed by atoms with Gasteiger partial charge in [0.25, 0.3) is 0 Å². The number of carbonyl (C=O) groups excluding carboxylic acids is 2. The van der Waals surface area contributed by atoms with Crippen molar-refractivity contribution in [1.82, 2.24) is 10.2 Å². The molecule has 0 saturated carbocycles. The predicted octanol–water partition coefficient (Wildman–Crippen LogP) is 4.01. The Kier molecular flexibility index (Phi) is 5.45. The van der Waals surface area contributed by atoms with Crippen LogP contribution in [0.1, 0.15) is 29.4 Å². The summed E-state index contributed by atoms with van der Waals surface area (Å²) >= 11 is 0. The van der Waals surface area contributed by atoms with E-state index in [2.05, 4.69) is 10.2 Å². The van der Waals surface area contributed by atoms with Crippen molar-refractivity contribution < 1.29 is 14.0 Å². The predicted molar refractivity (Wildman–Crippen MR) is 102 cm³/mol. The second kappa shape index (κ2) is 7.95. The van der Waals surface area contributed by atoms with Crippen LogP contribution < -0.4 is 4.90 Å². The lowest BCUT2D eigenvalue weighted by atomic mass is 10.0. The highest BCUT2D eigenvalue weighted by molar-refractivity contribution is 5.97. The topological polar surface area (TPSA) is 66.1 Å². The quantitative estimate of drug-likeness (QED) is 0.671. The SMILES string of the molecule is CCC(=O)N(C)c1ccc(-c2ccc(C(=O)Cc3ccn[nH]3)cc2)cc1F. The number of carbonyl (C=O) groups is 2. The van der Waals surface area contributed by atoms with Crippen molar-refractivity contribution in [1.29, 1.82) is 0 Å². The summed E-state index contributed by atoms with van der Waals surface area (Å²) in [5.74, 6) is -0.634. The highest BCUT2D eigenvalue weighted by Crippen LogP contribution is 2.27. The smallest absolute Gasteiger partial charge is 0.226 e. The number of nitrogens with one attached hydrogen (secondary N) is 1. The van der Waals surface area contributed by atoms with Crippen molar-refractivity contribution >= 4 is 17.4 Å². The Morgan fingerprint density at radius 1 is 1.07 bits per heavy atom. The zero-order valence-corrected chi connectivity index (χ0v) is 15.2. The molecule has 0 saturated heterocycles. The Balaban J connectivity index is 1.78. The lowest BCUT2D eigenvalue weighted by molar-refractivity contribution is -0.118. The molecule has 27 heavy (non-hydrogen) atoms. The molecule has 0 aliphatic heterocycles. The van der Waals surface area contributed by atoms with Gasteiger partial charge < -0.3 is 4.90 Å². The Bertz CT molecular complexity index is 950. The molecule has 6 heteroatoms. The monoisotopic (exact) mass is 365 g/mol. The van der Waals surface area contributed by atoms with Crippen LogP contribution in [0.4, 0.5) is 10.1 Å². The first kappa shape index (κ1) is 18.5. The molecule has 1 amide bonds. The summed E-state index contributed by atoms with van der Waals surface area (Å²) in [7, 11) is 1.56. The maximum atomic E-state index is 14.4. The molecular weight excluding hydrogens is 345 g/mol. The molecule has 0 spiro atoms. The molecule has 0 atom stereocenters. The number of halogens is 1. The molecule has 1 aromatic heterocycles. The minimum absolute atomic E-state index is 0.0213. The van der Waals surface area contributed by atoms with E-state index in [0.29, 0.717) is 17.5 Å². The van der Waals surface area contributed by atoms with E-state index in [1.165, 1.54) is 11.0 Å². The number of Topliss-reactive ketones (excluding diaryl/α,β-unsaturated/α-hetero) is 1. The summed E-state index contributed by atoms with van der Waals surface area (Å²) in [6.45, 7) is 1.74. The van der Waals surface area contributed by atoms with Crippen LogP contribution in [0, 0.1) is 5.82 Å². The summed E-state index contributed by atoms with van der Waals surface area (Å²) in [4.78, 5) is 25.4. The van der Waals surface area contributed by atoms with E-state index in [9.17, 15) is 14.0 Å². The highest BCUT2D eigenvalue weighted by Gasteiger charge is 2.14. The van der Waals surface area contributed by atoms with Gasteiger partial charge in [-0.3, -0.25) is 14.7 Å². The standard InChI is InChI=1S/C21H20FN3O2/c1-3-21(27)25(2)19-9-8-16(12-18(19)22)14-4-6-15(7-5-14)20(26)13-17-10-11-23-24-17/h4-12H,3,13H2,1-2H3,(H,23,24). The van der Waals surface area contributed by atoms with Gasteiger partial charge >= 0.3 is 0 Å². The van der Waals surface area contributed by atoms with Crippen molar-refractivity contribution in [2.75, 3.05) is 11.9 Å². The molecule has 3 aromatic rings. The maximum absolute atomic E-state index is 14.4. The summed E-state index contributed by atoms with van der Waals surface area (Å²) in [5.41, 5.74) is 3.06. The average Bonchev–Trinajstić information content (AvgIpc) is 3.19. The number of ketones is 1. The van der Waals surface area contributed by atoms with Gasteiger partial charge in [0.2, 0.25) is 5.91 Å². The molecule has 5 nitrogen and oxygen atoms in total. The van der Waals surface area contributed by atoms with Crippen LogP contribution in [0.2, 0.25) is 0 Å². The van der Waals surface area contributed by atoms with Crippen molar-refractivity contribution in [2.24, 2.45) is 0 Å². The lowest BCUT2D eigenvalue weighted by Crippen LogP contribution is -2.25. The number of anilines is 1. The molecule has 3 rings (SSSR count). The number of benzene rings is 2. The number of rotatable bonds is 6. The zero-order chi connectivity index (χ0) is 19.4. The van der Waals surface area contributed by atoms with Crippen LogP contribution >= 0.6 is 0 Å². The third-order valence-electron chi connectivity index (χ3n) is 4.44. The summed E-state index contributed by atoms with van der Waals surface area (Å²) in [5, 5.41) is 6.60. The first-order valence-electron chi connectivity index (χ1n) is 8.67. The van der Waals surface area contributed by atoms with E-state index in [0.717, 1.165) is 11.3 Å². The first-order valence-corrected chi connectivity index (χ1v) is 8.67. The molecular formula is C21H20FN3O2. The van der Waals surface area contributed by atoms with Crippen LogP contribution in [0.25, 0.3) is 11.1 Å². The van der Waals surface area contributed by atoms with Crippen LogP contribution in [0.15, 0.2) is 54.7 Å². The largest absolute Gasteiger partial charge is 0.313 e. The molecule has 2 aromatic carbocycles. The fraction of sp³-hybridized carbons (Fsp3) is 0.190. The number of H-pyrrole nitrogens is 1. The van der Waals surface area contributed by atoms with Crippen molar-refractivity contribution in [2.45, 2.75) is 19.8 Å². The van der Waals surface area contributed by atoms with E-state index in [4.69, 9.17) is 0 Å². The molecule has 0 radical (unpaired) electrons. The first-order chi connectivity index (χ1) is 13.0. The van der Waals surface area contributed by atoms with Gasteiger partial charge in [0.05, 0.1) is 12.1 Å². The Hall–Kier alpha value is -3.28. The fourth-order valence-electron chi connectivity index (χ4n) is 2.84. The minimum Gasteiger partial charge on any atom is -0.313 e. The van der Waals surface area contributed by atoms with E-state index in [-0.39, 0.29) is 23.8 Å². The molecule has 138 valence electrons. The van der Waals surface area contributed by atoms with E-state index in [1.807, 2.05) is 0 Å². The summed E-state index contributed by atoms with van der Waals surface area (Å²) in [6, 6.07) is 13.5. The number of aromatic amines is 1. The number of hydrogen-bond acceptors (Lipinski definition) is 3. The Morgan fingerprint density at radius 3 is 2.37 bits per heavy atom. The normalized spacial score (nSPS) is 10.6. The summed E-state index contributed by atoms with van der Waals surface area (Å²) in [6.07, 6.45) is 2.17. The van der Waals surface area contributed by atoms with Crippen LogP contribution in [-0.2, 0) is 11.2 Å². The second-order valence-corrected chi connectivity index (χ2v) is 6.23. The van der Waals surface area contributed by atoms with Gasteiger partial charge in [-0.05, 0) is 29.3 Å². The zero-order valence-electron chi connectivity index (χ0n) is 15.2. The van der Waals surface area contributed by atoms with Crippen molar-refractivity contribution in [3.63, 3.8) is 0 Å². The van der Waals surface area contributed by atoms with E-state index in [1.54, 1.807) is 62.6 Å². The number of nitrogens with zero attached hydrogens (tertiary/aromatic N) is 2. The number of hydrogen-bond donors (Lipinski definition) is 1. The van der Waals surface area contributed by atoms with Crippen LogP contribution in [-0.4, -0.2) is 28.9 Å². The average molecular weight is 365 g/mol. The third kappa shape index (κ3) is 4.11. The fourth-order valence-corrected chi connectivity index (χ4v) is 2.84. The molecule has 0 bridgehead atoms. The highest BCUT2D eigenvalue weighted by atomic mass is 19.1. The Labute approximate surface area is 156 Å². The molecule has 1 heterocycles. The Morgan fingerprint density at radius 2 is 1.78 bits per heavy atom. The molecule has 0 aliphatic carbocycles.